The lowest BCUT2D eigenvalue weighted by atomic mass is 10.2. The Balaban J connectivity index is 1.66. The van der Waals surface area contributed by atoms with E-state index >= 15 is 0 Å². The summed E-state index contributed by atoms with van der Waals surface area (Å²) in [5.41, 5.74) is 2.35. The Bertz CT molecular complexity index is 982. The number of anilines is 3. The first-order chi connectivity index (χ1) is 13.0. The van der Waals surface area contributed by atoms with Crippen LogP contribution in [0.3, 0.4) is 0 Å². The number of carbonyl (C=O) groups excluding carboxylic acids is 1. The third kappa shape index (κ3) is 5.26. The maximum atomic E-state index is 13.2. The predicted molar refractivity (Wildman–Crippen MR) is 112 cm³/mol. The monoisotopic (exact) mass is 399 g/mol. The number of amides is 1. The smallest absolute Gasteiger partial charge is 0.255 e. The largest absolute Gasteiger partial charge is 0.332 e. The SMILES string of the molecule is O=C(Nc1ccc(F)c(Cl)c1)c1cccc(NC(=S)Nc2ccccc2)c1. The van der Waals surface area contributed by atoms with Gasteiger partial charge in [0.25, 0.3) is 5.91 Å². The molecule has 0 aliphatic heterocycles. The van der Waals surface area contributed by atoms with E-state index in [0.717, 1.165) is 5.69 Å². The second-order valence-electron chi connectivity index (χ2n) is 5.61. The van der Waals surface area contributed by atoms with Crippen molar-refractivity contribution in [2.45, 2.75) is 0 Å². The normalized spacial score (nSPS) is 10.1. The number of halogens is 2. The van der Waals surface area contributed by atoms with Crippen molar-refractivity contribution in [3.63, 3.8) is 0 Å². The number of thiocarbonyl (C=S) groups is 1. The predicted octanol–water partition coefficient (Wildman–Crippen LogP) is 5.54. The first-order valence-electron chi connectivity index (χ1n) is 8.01. The van der Waals surface area contributed by atoms with E-state index in [1.807, 2.05) is 30.3 Å². The molecule has 0 atom stereocenters. The van der Waals surface area contributed by atoms with Gasteiger partial charge in [0, 0.05) is 22.6 Å². The zero-order valence-corrected chi connectivity index (χ0v) is 15.6. The van der Waals surface area contributed by atoms with Gasteiger partial charge in [-0.25, -0.2) is 4.39 Å². The molecule has 4 nitrogen and oxygen atoms in total. The molecule has 0 spiro atoms. The van der Waals surface area contributed by atoms with Gasteiger partial charge in [-0.1, -0.05) is 35.9 Å². The molecule has 0 fully saturated rings. The maximum absolute atomic E-state index is 13.2. The molecular weight excluding hydrogens is 385 g/mol. The standard InChI is InChI=1S/C20H15ClFN3OS/c21-17-12-16(9-10-18(17)22)23-19(26)13-5-4-8-15(11-13)25-20(27)24-14-6-2-1-3-7-14/h1-12H,(H,23,26)(H2,24,25,27). The number of nitrogens with one attached hydrogen (secondary N) is 3. The first-order valence-corrected chi connectivity index (χ1v) is 8.79. The van der Waals surface area contributed by atoms with Crippen molar-refractivity contribution in [2.75, 3.05) is 16.0 Å². The Morgan fingerprint density at radius 2 is 1.48 bits per heavy atom. The van der Waals surface area contributed by atoms with Gasteiger partial charge in [-0.05, 0) is 60.7 Å². The molecule has 0 aromatic heterocycles. The summed E-state index contributed by atoms with van der Waals surface area (Å²) >= 11 is 11.0. The molecule has 0 unspecified atom stereocenters. The molecule has 136 valence electrons. The minimum absolute atomic E-state index is 0.0550. The quantitative estimate of drug-likeness (QED) is 0.504. The summed E-state index contributed by atoms with van der Waals surface area (Å²) < 4.78 is 13.2. The Labute approximate surface area is 166 Å². The van der Waals surface area contributed by atoms with Gasteiger partial charge in [-0.3, -0.25) is 4.79 Å². The fourth-order valence-corrected chi connectivity index (χ4v) is 2.75. The zero-order valence-electron chi connectivity index (χ0n) is 14.0. The summed E-state index contributed by atoms with van der Waals surface area (Å²) in [7, 11) is 0. The summed E-state index contributed by atoms with van der Waals surface area (Å²) in [6, 6.07) is 20.4. The third-order valence-corrected chi connectivity index (χ3v) is 4.09. The molecule has 27 heavy (non-hydrogen) atoms. The van der Waals surface area contributed by atoms with Crippen molar-refractivity contribution in [1.29, 1.82) is 0 Å². The topological polar surface area (TPSA) is 53.2 Å². The Hall–Kier alpha value is -2.96. The molecule has 3 aromatic carbocycles. The lowest BCUT2D eigenvalue weighted by Gasteiger charge is -2.12. The van der Waals surface area contributed by atoms with Crippen LogP contribution in [0.2, 0.25) is 5.02 Å². The molecule has 0 heterocycles. The van der Waals surface area contributed by atoms with Gasteiger partial charge in [0.1, 0.15) is 5.82 Å². The number of carbonyl (C=O) groups is 1. The molecule has 0 bridgehead atoms. The molecule has 0 radical (unpaired) electrons. The van der Waals surface area contributed by atoms with Crippen molar-refractivity contribution in [1.82, 2.24) is 0 Å². The number of para-hydroxylation sites is 1. The fraction of sp³-hybridized carbons (Fsp3) is 0. The first kappa shape index (κ1) is 18.8. The van der Waals surface area contributed by atoms with Gasteiger partial charge >= 0.3 is 0 Å². The zero-order chi connectivity index (χ0) is 19.2. The molecule has 3 aromatic rings. The van der Waals surface area contributed by atoms with Crippen LogP contribution in [-0.2, 0) is 0 Å². The lowest BCUT2D eigenvalue weighted by molar-refractivity contribution is 0.102. The number of hydrogen-bond donors (Lipinski definition) is 3. The summed E-state index contributed by atoms with van der Waals surface area (Å²) in [6.07, 6.45) is 0. The van der Waals surface area contributed by atoms with E-state index in [1.54, 1.807) is 24.3 Å². The highest BCUT2D eigenvalue weighted by Gasteiger charge is 2.09. The van der Waals surface area contributed by atoms with Crippen LogP contribution in [0.5, 0.6) is 0 Å². The van der Waals surface area contributed by atoms with Crippen LogP contribution in [0.4, 0.5) is 21.5 Å². The van der Waals surface area contributed by atoms with Crippen LogP contribution in [-0.4, -0.2) is 11.0 Å². The molecule has 1 amide bonds. The van der Waals surface area contributed by atoms with E-state index < -0.39 is 5.82 Å². The molecule has 0 saturated carbocycles. The molecule has 0 aliphatic rings. The summed E-state index contributed by atoms with van der Waals surface area (Å²) in [6.45, 7) is 0. The van der Waals surface area contributed by atoms with Crippen LogP contribution in [0.25, 0.3) is 0 Å². The molecule has 7 heteroatoms. The van der Waals surface area contributed by atoms with Gasteiger partial charge in [0.05, 0.1) is 5.02 Å². The van der Waals surface area contributed by atoms with Crippen molar-refractivity contribution in [3.05, 3.63) is 89.2 Å². The van der Waals surface area contributed by atoms with E-state index in [2.05, 4.69) is 16.0 Å². The van der Waals surface area contributed by atoms with E-state index in [9.17, 15) is 9.18 Å². The number of hydrogen-bond acceptors (Lipinski definition) is 2. The lowest BCUT2D eigenvalue weighted by Crippen LogP contribution is -2.19. The minimum atomic E-state index is -0.541. The highest BCUT2D eigenvalue weighted by Crippen LogP contribution is 2.20. The minimum Gasteiger partial charge on any atom is -0.332 e. The molecule has 3 N–H and O–H groups in total. The van der Waals surface area contributed by atoms with Gasteiger partial charge in [-0.15, -0.1) is 0 Å². The second kappa shape index (κ2) is 8.62. The Kier molecular flexibility index (Phi) is 6.01. The number of rotatable bonds is 4. The average Bonchev–Trinajstić information content (AvgIpc) is 2.65. The van der Waals surface area contributed by atoms with E-state index in [4.69, 9.17) is 23.8 Å². The Morgan fingerprint density at radius 3 is 2.22 bits per heavy atom. The van der Waals surface area contributed by atoms with Crippen LogP contribution in [0, 0.1) is 5.82 Å². The van der Waals surface area contributed by atoms with E-state index in [-0.39, 0.29) is 10.9 Å². The van der Waals surface area contributed by atoms with Crippen LogP contribution in [0.15, 0.2) is 72.8 Å². The van der Waals surface area contributed by atoms with E-state index in [0.29, 0.717) is 22.1 Å². The van der Waals surface area contributed by atoms with Crippen LogP contribution in [0.1, 0.15) is 10.4 Å². The third-order valence-electron chi connectivity index (χ3n) is 3.59. The average molecular weight is 400 g/mol. The highest BCUT2D eigenvalue weighted by molar-refractivity contribution is 7.80. The van der Waals surface area contributed by atoms with Gasteiger partial charge in [0.2, 0.25) is 0 Å². The van der Waals surface area contributed by atoms with Gasteiger partial charge in [-0.2, -0.15) is 0 Å². The fourth-order valence-electron chi connectivity index (χ4n) is 2.33. The van der Waals surface area contributed by atoms with Crippen molar-refractivity contribution < 1.29 is 9.18 Å². The summed E-state index contributed by atoms with van der Waals surface area (Å²) in [4.78, 5) is 12.4. The van der Waals surface area contributed by atoms with Gasteiger partial charge < -0.3 is 16.0 Å². The van der Waals surface area contributed by atoms with Crippen LogP contribution >= 0.6 is 23.8 Å². The Morgan fingerprint density at radius 1 is 0.815 bits per heavy atom. The van der Waals surface area contributed by atoms with Crippen LogP contribution < -0.4 is 16.0 Å². The summed E-state index contributed by atoms with van der Waals surface area (Å²) in [5, 5.41) is 9.13. The summed E-state index contributed by atoms with van der Waals surface area (Å²) in [5.74, 6) is -0.886. The maximum Gasteiger partial charge on any atom is 0.255 e. The molecular formula is C20H15ClFN3OS. The molecule has 0 aliphatic carbocycles. The van der Waals surface area contributed by atoms with Crippen molar-refractivity contribution in [2.24, 2.45) is 0 Å². The number of benzene rings is 3. The van der Waals surface area contributed by atoms with Crippen molar-refractivity contribution in [3.8, 4) is 0 Å². The molecule has 0 saturated heterocycles. The highest BCUT2D eigenvalue weighted by atomic mass is 35.5. The van der Waals surface area contributed by atoms with Crippen molar-refractivity contribution >= 4 is 51.9 Å². The van der Waals surface area contributed by atoms with Gasteiger partial charge in [0.15, 0.2) is 5.11 Å². The molecule has 3 rings (SSSR count). The van der Waals surface area contributed by atoms with E-state index in [1.165, 1.54) is 18.2 Å². The second-order valence-corrected chi connectivity index (χ2v) is 6.42.